The van der Waals surface area contributed by atoms with Gasteiger partial charge in [-0.15, -0.1) is 12.4 Å². The summed E-state index contributed by atoms with van der Waals surface area (Å²) in [6, 6.07) is 5.71. The van der Waals surface area contributed by atoms with Gasteiger partial charge in [-0.05, 0) is 43.7 Å². The Labute approximate surface area is 155 Å². The fourth-order valence-corrected chi connectivity index (χ4v) is 2.76. The summed E-state index contributed by atoms with van der Waals surface area (Å²) < 4.78 is 12.9. The third-order valence-electron chi connectivity index (χ3n) is 4.23. The Balaban J connectivity index is 0.00000312. The molecule has 140 valence electrons. The first-order valence-electron chi connectivity index (χ1n) is 8.64. The van der Waals surface area contributed by atoms with Crippen LogP contribution in [-0.4, -0.2) is 60.9 Å². The summed E-state index contributed by atoms with van der Waals surface area (Å²) in [4.78, 5) is 28.0. The van der Waals surface area contributed by atoms with Gasteiger partial charge in [-0.2, -0.15) is 0 Å². The van der Waals surface area contributed by atoms with E-state index in [1.807, 2.05) is 11.8 Å². The fraction of sp³-hybridized carbons (Fsp3) is 0.556. The summed E-state index contributed by atoms with van der Waals surface area (Å²) in [6.45, 7) is 6.71. The normalized spacial score (nSPS) is 14.7. The van der Waals surface area contributed by atoms with Crippen molar-refractivity contribution in [3.63, 3.8) is 0 Å². The lowest BCUT2D eigenvalue weighted by Crippen LogP contribution is -2.51. The lowest BCUT2D eigenvalue weighted by molar-refractivity contribution is 0.0968. The number of hydrogen-bond donors (Lipinski definition) is 1. The van der Waals surface area contributed by atoms with Gasteiger partial charge in [0, 0.05) is 44.7 Å². The topological polar surface area (TPSA) is 52.7 Å². The number of rotatable bonds is 7. The van der Waals surface area contributed by atoms with E-state index in [4.69, 9.17) is 0 Å². The highest BCUT2D eigenvalue weighted by atomic mass is 35.5. The molecule has 1 aromatic carbocycles. The SMILES string of the molecule is CCCNC(=O)N1CCN(CCCC(=O)c2ccc(F)cc2)CC1.Cl. The van der Waals surface area contributed by atoms with E-state index in [-0.39, 0.29) is 30.0 Å². The predicted octanol–water partition coefficient (Wildman–Crippen LogP) is 2.95. The van der Waals surface area contributed by atoms with E-state index in [9.17, 15) is 14.0 Å². The molecule has 7 heteroatoms. The molecule has 2 rings (SSSR count). The molecule has 1 fully saturated rings. The van der Waals surface area contributed by atoms with Gasteiger partial charge in [0.05, 0.1) is 0 Å². The molecule has 1 saturated heterocycles. The second kappa shape index (κ2) is 11.1. The molecular formula is C18H27ClFN3O2. The van der Waals surface area contributed by atoms with Crippen LogP contribution in [0.3, 0.4) is 0 Å². The molecule has 2 amide bonds. The number of nitrogens with zero attached hydrogens (tertiary/aromatic N) is 2. The number of ketones is 1. The van der Waals surface area contributed by atoms with Crippen LogP contribution >= 0.6 is 12.4 Å². The minimum atomic E-state index is -0.326. The Kier molecular flexibility index (Phi) is 9.45. The molecule has 1 N–H and O–H groups in total. The van der Waals surface area contributed by atoms with Gasteiger partial charge in [-0.1, -0.05) is 6.92 Å². The number of amides is 2. The number of hydrogen-bond acceptors (Lipinski definition) is 3. The number of halogens is 2. The van der Waals surface area contributed by atoms with E-state index in [0.717, 1.165) is 45.6 Å². The average Bonchev–Trinajstić information content (AvgIpc) is 2.60. The smallest absolute Gasteiger partial charge is 0.317 e. The van der Waals surface area contributed by atoms with Crippen LogP contribution in [-0.2, 0) is 0 Å². The molecule has 0 atom stereocenters. The maximum absolute atomic E-state index is 12.9. The lowest BCUT2D eigenvalue weighted by atomic mass is 10.1. The molecule has 0 bridgehead atoms. The van der Waals surface area contributed by atoms with E-state index in [2.05, 4.69) is 10.2 Å². The van der Waals surface area contributed by atoms with Crippen LogP contribution in [0.2, 0.25) is 0 Å². The first-order valence-corrected chi connectivity index (χ1v) is 8.64. The monoisotopic (exact) mass is 371 g/mol. The van der Waals surface area contributed by atoms with Crippen molar-refractivity contribution in [3.05, 3.63) is 35.6 Å². The zero-order valence-corrected chi connectivity index (χ0v) is 15.5. The van der Waals surface area contributed by atoms with Gasteiger partial charge in [0.25, 0.3) is 0 Å². The second-order valence-corrected chi connectivity index (χ2v) is 6.09. The molecule has 5 nitrogen and oxygen atoms in total. The maximum atomic E-state index is 12.9. The summed E-state index contributed by atoms with van der Waals surface area (Å²) >= 11 is 0. The van der Waals surface area contributed by atoms with Crippen LogP contribution in [0.5, 0.6) is 0 Å². The molecule has 0 spiro atoms. The number of Topliss-reactive ketones (excluding diaryl/α,β-unsaturated/α-hetero) is 1. The highest BCUT2D eigenvalue weighted by molar-refractivity contribution is 5.95. The number of benzene rings is 1. The third-order valence-corrected chi connectivity index (χ3v) is 4.23. The van der Waals surface area contributed by atoms with Crippen molar-refractivity contribution >= 4 is 24.2 Å². The van der Waals surface area contributed by atoms with Crippen LogP contribution in [0.1, 0.15) is 36.5 Å². The molecule has 1 aliphatic heterocycles. The fourth-order valence-electron chi connectivity index (χ4n) is 2.76. The summed E-state index contributed by atoms with van der Waals surface area (Å²) in [6.07, 6.45) is 2.18. The van der Waals surface area contributed by atoms with Crippen LogP contribution in [0.4, 0.5) is 9.18 Å². The third kappa shape index (κ3) is 7.00. The minimum absolute atomic E-state index is 0. The van der Waals surface area contributed by atoms with E-state index in [0.29, 0.717) is 18.5 Å². The number of carbonyl (C=O) groups is 2. The van der Waals surface area contributed by atoms with Crippen LogP contribution < -0.4 is 5.32 Å². The van der Waals surface area contributed by atoms with Crippen molar-refractivity contribution in [1.82, 2.24) is 15.1 Å². The highest BCUT2D eigenvalue weighted by Gasteiger charge is 2.20. The van der Waals surface area contributed by atoms with E-state index < -0.39 is 0 Å². The molecule has 0 unspecified atom stereocenters. The summed E-state index contributed by atoms with van der Waals surface area (Å²) in [5, 5.41) is 2.89. The Hall–Kier alpha value is -1.66. The Bertz CT molecular complexity index is 546. The van der Waals surface area contributed by atoms with E-state index in [1.165, 1.54) is 24.3 Å². The Morgan fingerprint density at radius 3 is 2.36 bits per heavy atom. The lowest BCUT2D eigenvalue weighted by Gasteiger charge is -2.34. The summed E-state index contributed by atoms with van der Waals surface area (Å²) in [5.74, 6) is -0.278. The number of nitrogens with one attached hydrogen (secondary N) is 1. The van der Waals surface area contributed by atoms with Crippen molar-refractivity contribution in [2.75, 3.05) is 39.3 Å². The molecule has 0 aliphatic carbocycles. The molecule has 0 aromatic heterocycles. The Morgan fingerprint density at radius 1 is 1.12 bits per heavy atom. The van der Waals surface area contributed by atoms with Gasteiger partial charge in [-0.3, -0.25) is 9.69 Å². The molecule has 0 radical (unpaired) electrons. The van der Waals surface area contributed by atoms with Gasteiger partial charge < -0.3 is 10.2 Å². The highest BCUT2D eigenvalue weighted by Crippen LogP contribution is 2.09. The predicted molar refractivity (Wildman–Crippen MR) is 98.9 cm³/mol. The minimum Gasteiger partial charge on any atom is -0.338 e. The van der Waals surface area contributed by atoms with Crippen molar-refractivity contribution in [3.8, 4) is 0 Å². The second-order valence-electron chi connectivity index (χ2n) is 6.09. The van der Waals surface area contributed by atoms with Gasteiger partial charge in [0.15, 0.2) is 5.78 Å². The van der Waals surface area contributed by atoms with Crippen LogP contribution in [0, 0.1) is 5.82 Å². The molecule has 0 saturated carbocycles. The quantitative estimate of drug-likeness (QED) is 0.750. The Morgan fingerprint density at radius 2 is 1.76 bits per heavy atom. The molecule has 25 heavy (non-hydrogen) atoms. The first kappa shape index (κ1) is 21.4. The van der Waals surface area contributed by atoms with Gasteiger partial charge >= 0.3 is 6.03 Å². The van der Waals surface area contributed by atoms with Gasteiger partial charge in [0.2, 0.25) is 0 Å². The number of urea groups is 1. The van der Waals surface area contributed by atoms with Crippen molar-refractivity contribution in [2.45, 2.75) is 26.2 Å². The van der Waals surface area contributed by atoms with Crippen LogP contribution in [0.25, 0.3) is 0 Å². The van der Waals surface area contributed by atoms with Crippen LogP contribution in [0.15, 0.2) is 24.3 Å². The zero-order valence-electron chi connectivity index (χ0n) is 14.7. The van der Waals surface area contributed by atoms with Crippen molar-refractivity contribution in [2.24, 2.45) is 0 Å². The zero-order chi connectivity index (χ0) is 17.4. The summed E-state index contributed by atoms with van der Waals surface area (Å²) in [5.41, 5.74) is 0.564. The standard InChI is InChI=1S/C18H26FN3O2.ClH/c1-2-9-20-18(24)22-13-11-21(12-14-22)10-3-4-17(23)15-5-7-16(19)8-6-15;/h5-8H,2-4,9-14H2,1H3,(H,20,24);1H. The molecule has 1 aliphatic rings. The van der Waals surface area contributed by atoms with Crippen molar-refractivity contribution < 1.29 is 14.0 Å². The number of piperazine rings is 1. The maximum Gasteiger partial charge on any atom is 0.317 e. The number of carbonyl (C=O) groups excluding carboxylic acids is 2. The average molecular weight is 372 g/mol. The molecule has 1 aromatic rings. The molecule has 1 heterocycles. The summed E-state index contributed by atoms with van der Waals surface area (Å²) in [7, 11) is 0. The van der Waals surface area contributed by atoms with E-state index in [1.54, 1.807) is 0 Å². The van der Waals surface area contributed by atoms with Gasteiger partial charge in [-0.25, -0.2) is 9.18 Å². The van der Waals surface area contributed by atoms with Crippen molar-refractivity contribution in [1.29, 1.82) is 0 Å². The largest absolute Gasteiger partial charge is 0.338 e. The first-order chi connectivity index (χ1) is 11.6. The van der Waals surface area contributed by atoms with E-state index >= 15 is 0 Å². The van der Waals surface area contributed by atoms with Gasteiger partial charge in [0.1, 0.15) is 5.82 Å². The molecular weight excluding hydrogens is 345 g/mol.